The molecule has 1 aromatic rings. The Kier molecular flexibility index (Phi) is 4.49. The standard InChI is InChI=1S/C12H13NO4/c1-17-10-5-4-9(11(14)12(15)16)7-8(10)3-2-6-13/h4-5,7,11,14H,2-3H2,1H3,(H,15,16). The lowest BCUT2D eigenvalue weighted by Gasteiger charge is -2.11. The van der Waals surface area contributed by atoms with Crippen LogP contribution in [0.5, 0.6) is 5.75 Å². The van der Waals surface area contributed by atoms with Crippen LogP contribution < -0.4 is 4.74 Å². The van der Waals surface area contributed by atoms with Crippen molar-refractivity contribution in [2.75, 3.05) is 7.11 Å². The Morgan fingerprint density at radius 1 is 1.59 bits per heavy atom. The van der Waals surface area contributed by atoms with Crippen LogP contribution >= 0.6 is 0 Å². The molecule has 0 saturated carbocycles. The first kappa shape index (κ1) is 13.0. The van der Waals surface area contributed by atoms with Gasteiger partial charge in [-0.25, -0.2) is 4.79 Å². The maximum absolute atomic E-state index is 10.6. The molecular weight excluding hydrogens is 222 g/mol. The number of aliphatic hydroxyl groups excluding tert-OH is 1. The van der Waals surface area contributed by atoms with Gasteiger partial charge in [-0.1, -0.05) is 6.07 Å². The molecule has 2 N–H and O–H groups in total. The van der Waals surface area contributed by atoms with Crippen LogP contribution in [-0.4, -0.2) is 23.3 Å². The van der Waals surface area contributed by atoms with E-state index in [2.05, 4.69) is 0 Å². The highest BCUT2D eigenvalue weighted by molar-refractivity contribution is 5.74. The number of hydrogen-bond acceptors (Lipinski definition) is 4. The molecular formula is C12H13NO4. The van der Waals surface area contributed by atoms with Gasteiger partial charge in [-0.2, -0.15) is 5.26 Å². The van der Waals surface area contributed by atoms with E-state index < -0.39 is 12.1 Å². The van der Waals surface area contributed by atoms with Gasteiger partial charge in [-0.3, -0.25) is 0 Å². The normalized spacial score (nSPS) is 11.6. The minimum atomic E-state index is -1.55. The molecule has 1 aromatic carbocycles. The van der Waals surface area contributed by atoms with Crippen molar-refractivity contribution in [3.8, 4) is 11.8 Å². The van der Waals surface area contributed by atoms with E-state index in [0.717, 1.165) is 0 Å². The van der Waals surface area contributed by atoms with Crippen LogP contribution in [0.25, 0.3) is 0 Å². The number of carboxylic acid groups (broad SMARTS) is 1. The van der Waals surface area contributed by atoms with Crippen molar-refractivity contribution in [2.24, 2.45) is 0 Å². The molecule has 0 aliphatic carbocycles. The second kappa shape index (κ2) is 5.87. The Balaban J connectivity index is 3.04. The van der Waals surface area contributed by atoms with Crippen molar-refractivity contribution in [3.05, 3.63) is 29.3 Å². The third-order valence-corrected chi connectivity index (χ3v) is 2.36. The average Bonchev–Trinajstić information content (AvgIpc) is 2.34. The summed E-state index contributed by atoms with van der Waals surface area (Å²) in [5, 5.41) is 26.6. The van der Waals surface area contributed by atoms with Gasteiger partial charge < -0.3 is 14.9 Å². The molecule has 0 aliphatic heterocycles. The van der Waals surface area contributed by atoms with Crippen LogP contribution in [0.4, 0.5) is 0 Å². The molecule has 0 bridgehead atoms. The van der Waals surface area contributed by atoms with Crippen molar-refractivity contribution < 1.29 is 19.7 Å². The fourth-order valence-electron chi connectivity index (χ4n) is 1.50. The Bertz CT molecular complexity index is 450. The van der Waals surface area contributed by atoms with Gasteiger partial charge in [0.2, 0.25) is 0 Å². The summed E-state index contributed by atoms with van der Waals surface area (Å²) >= 11 is 0. The first-order valence-corrected chi connectivity index (χ1v) is 5.04. The molecule has 1 atom stereocenters. The van der Waals surface area contributed by atoms with E-state index in [1.165, 1.54) is 13.2 Å². The number of rotatable bonds is 5. The number of methoxy groups -OCH3 is 1. The Morgan fingerprint density at radius 2 is 2.29 bits per heavy atom. The number of carbonyl (C=O) groups is 1. The zero-order chi connectivity index (χ0) is 12.8. The fraction of sp³-hybridized carbons (Fsp3) is 0.333. The third-order valence-electron chi connectivity index (χ3n) is 2.36. The van der Waals surface area contributed by atoms with E-state index in [-0.39, 0.29) is 5.56 Å². The molecule has 1 unspecified atom stereocenters. The molecule has 90 valence electrons. The number of aliphatic hydroxyl groups is 1. The second-order valence-electron chi connectivity index (χ2n) is 3.47. The van der Waals surface area contributed by atoms with E-state index in [9.17, 15) is 9.90 Å². The molecule has 5 heteroatoms. The van der Waals surface area contributed by atoms with Crippen molar-refractivity contribution in [2.45, 2.75) is 18.9 Å². The highest BCUT2D eigenvalue weighted by Crippen LogP contribution is 2.24. The minimum Gasteiger partial charge on any atom is -0.496 e. The van der Waals surface area contributed by atoms with E-state index in [0.29, 0.717) is 24.2 Å². The van der Waals surface area contributed by atoms with Crippen molar-refractivity contribution in [3.63, 3.8) is 0 Å². The highest BCUT2D eigenvalue weighted by atomic mass is 16.5. The molecule has 0 aliphatic rings. The number of benzene rings is 1. The van der Waals surface area contributed by atoms with Crippen molar-refractivity contribution in [1.29, 1.82) is 5.26 Å². The van der Waals surface area contributed by atoms with Crippen LogP contribution in [0, 0.1) is 11.3 Å². The predicted octanol–water partition coefficient (Wildman–Crippen LogP) is 1.27. The van der Waals surface area contributed by atoms with Crippen molar-refractivity contribution in [1.82, 2.24) is 0 Å². The molecule has 17 heavy (non-hydrogen) atoms. The molecule has 0 saturated heterocycles. The largest absolute Gasteiger partial charge is 0.496 e. The summed E-state index contributed by atoms with van der Waals surface area (Å²) in [5.41, 5.74) is 0.998. The van der Waals surface area contributed by atoms with Crippen molar-refractivity contribution >= 4 is 5.97 Å². The number of nitriles is 1. The van der Waals surface area contributed by atoms with Gasteiger partial charge in [0.15, 0.2) is 6.10 Å². The average molecular weight is 235 g/mol. The predicted molar refractivity (Wildman–Crippen MR) is 59.5 cm³/mol. The van der Waals surface area contributed by atoms with Gasteiger partial charge >= 0.3 is 5.97 Å². The quantitative estimate of drug-likeness (QED) is 0.802. The van der Waals surface area contributed by atoms with Gasteiger partial charge in [0.05, 0.1) is 13.2 Å². The van der Waals surface area contributed by atoms with E-state index >= 15 is 0 Å². The van der Waals surface area contributed by atoms with Gasteiger partial charge in [-0.05, 0) is 29.7 Å². The summed E-state index contributed by atoms with van der Waals surface area (Å²) in [7, 11) is 1.50. The molecule has 1 rings (SSSR count). The molecule has 5 nitrogen and oxygen atoms in total. The Morgan fingerprint density at radius 3 is 2.82 bits per heavy atom. The maximum Gasteiger partial charge on any atom is 0.337 e. The smallest absolute Gasteiger partial charge is 0.337 e. The zero-order valence-corrected chi connectivity index (χ0v) is 9.38. The first-order valence-electron chi connectivity index (χ1n) is 5.04. The lowest BCUT2D eigenvalue weighted by molar-refractivity contribution is -0.146. The summed E-state index contributed by atoms with van der Waals surface area (Å²) < 4.78 is 5.10. The number of hydrogen-bond donors (Lipinski definition) is 2. The number of carboxylic acids is 1. The number of aliphatic carboxylic acids is 1. The Labute approximate surface area is 98.9 Å². The summed E-state index contributed by atoms with van der Waals surface area (Å²) in [6, 6.07) is 6.64. The summed E-state index contributed by atoms with van der Waals surface area (Å²) in [6.07, 6.45) is -0.787. The van der Waals surface area contributed by atoms with Crippen LogP contribution in [0.15, 0.2) is 18.2 Å². The van der Waals surface area contributed by atoms with Crippen LogP contribution in [0.2, 0.25) is 0 Å². The molecule has 0 heterocycles. The van der Waals surface area contributed by atoms with Gasteiger partial charge in [-0.15, -0.1) is 0 Å². The van der Waals surface area contributed by atoms with Gasteiger partial charge in [0.25, 0.3) is 0 Å². The lowest BCUT2D eigenvalue weighted by atomic mass is 10.0. The topological polar surface area (TPSA) is 90.6 Å². The number of aryl methyl sites for hydroxylation is 1. The SMILES string of the molecule is COc1ccc(C(O)C(=O)O)cc1CCC#N. The Hall–Kier alpha value is -2.06. The minimum absolute atomic E-state index is 0.284. The summed E-state index contributed by atoms with van der Waals surface area (Å²) in [6.45, 7) is 0. The van der Waals surface area contributed by atoms with Crippen LogP contribution in [-0.2, 0) is 11.2 Å². The molecule has 0 radical (unpaired) electrons. The van der Waals surface area contributed by atoms with E-state index in [1.807, 2.05) is 6.07 Å². The fourth-order valence-corrected chi connectivity index (χ4v) is 1.50. The second-order valence-corrected chi connectivity index (χ2v) is 3.47. The van der Waals surface area contributed by atoms with Crippen LogP contribution in [0.3, 0.4) is 0 Å². The number of nitrogens with zero attached hydrogens (tertiary/aromatic N) is 1. The van der Waals surface area contributed by atoms with E-state index in [4.69, 9.17) is 15.1 Å². The van der Waals surface area contributed by atoms with Crippen LogP contribution in [0.1, 0.15) is 23.7 Å². The summed E-state index contributed by atoms with van der Waals surface area (Å²) in [4.78, 5) is 10.6. The summed E-state index contributed by atoms with van der Waals surface area (Å²) in [5.74, 6) is -0.719. The molecule has 0 spiro atoms. The van der Waals surface area contributed by atoms with Gasteiger partial charge in [0.1, 0.15) is 5.75 Å². The van der Waals surface area contributed by atoms with E-state index in [1.54, 1.807) is 12.1 Å². The molecule has 0 amide bonds. The first-order chi connectivity index (χ1) is 8.10. The van der Waals surface area contributed by atoms with Gasteiger partial charge in [0, 0.05) is 6.42 Å². The molecule has 0 fully saturated rings. The zero-order valence-electron chi connectivity index (χ0n) is 9.38. The third kappa shape index (κ3) is 3.20. The maximum atomic E-state index is 10.6. The highest BCUT2D eigenvalue weighted by Gasteiger charge is 2.17. The molecule has 0 aromatic heterocycles. The number of ether oxygens (including phenoxy) is 1. The lowest BCUT2D eigenvalue weighted by Crippen LogP contribution is -2.10. The monoisotopic (exact) mass is 235 g/mol.